The zero-order valence-corrected chi connectivity index (χ0v) is 16.8. The molecule has 0 aliphatic carbocycles. The number of sulfonamides is 1. The van der Waals surface area contributed by atoms with E-state index >= 15 is 0 Å². The highest BCUT2D eigenvalue weighted by Crippen LogP contribution is 2.27. The van der Waals surface area contributed by atoms with Gasteiger partial charge < -0.3 is 10.4 Å². The van der Waals surface area contributed by atoms with Crippen molar-refractivity contribution in [2.45, 2.75) is 64.5 Å². The van der Waals surface area contributed by atoms with Crippen LogP contribution >= 0.6 is 0 Å². The van der Waals surface area contributed by atoms with Gasteiger partial charge in [-0.25, -0.2) is 8.42 Å². The Kier molecular flexibility index (Phi) is 9.46. The summed E-state index contributed by atoms with van der Waals surface area (Å²) in [5.41, 5.74) is 1.15. The molecular weight excluding hydrogens is 336 g/mol. The molecule has 25 heavy (non-hydrogen) atoms. The maximum Gasteiger partial charge on any atom is 0.232 e. The summed E-state index contributed by atoms with van der Waals surface area (Å²) in [6, 6.07) is 7.49. The summed E-state index contributed by atoms with van der Waals surface area (Å²) < 4.78 is 24.9. The van der Waals surface area contributed by atoms with Gasteiger partial charge in [-0.15, -0.1) is 0 Å². The molecule has 0 amide bonds. The monoisotopic (exact) mass is 370 g/mol. The fraction of sp³-hybridized carbons (Fsp3) is 0.684. The van der Waals surface area contributed by atoms with Crippen LogP contribution in [0.2, 0.25) is 0 Å². The van der Waals surface area contributed by atoms with E-state index < -0.39 is 16.1 Å². The van der Waals surface area contributed by atoms with Crippen LogP contribution in [0.4, 0.5) is 5.69 Å². The van der Waals surface area contributed by atoms with Gasteiger partial charge in [-0.05, 0) is 18.9 Å². The van der Waals surface area contributed by atoms with E-state index in [4.69, 9.17) is 0 Å². The highest BCUT2D eigenvalue weighted by atomic mass is 32.2. The Bertz CT molecular complexity index is 604. The second kappa shape index (κ2) is 10.8. The molecule has 2 N–H and O–H groups in total. The van der Waals surface area contributed by atoms with Crippen molar-refractivity contribution in [2.75, 3.05) is 24.2 Å². The number of hydrogen-bond acceptors (Lipinski definition) is 4. The van der Waals surface area contributed by atoms with E-state index in [9.17, 15) is 13.5 Å². The van der Waals surface area contributed by atoms with E-state index in [0.29, 0.717) is 23.8 Å². The van der Waals surface area contributed by atoms with Crippen molar-refractivity contribution in [1.29, 1.82) is 0 Å². The standard InChI is InChI=1S/C19H34N2O3S/c1-5-7-8-9-12-16(6-2)20-15-19(22)17-13-10-11-14-18(17)21(3)25(4,23)24/h10-11,13-14,16,19-20,22H,5-9,12,15H2,1-4H3. The Labute approximate surface area is 153 Å². The van der Waals surface area contributed by atoms with Gasteiger partial charge >= 0.3 is 0 Å². The predicted molar refractivity (Wildman–Crippen MR) is 105 cm³/mol. The third-order valence-electron chi connectivity index (χ3n) is 4.63. The Morgan fingerprint density at radius 1 is 1.16 bits per heavy atom. The van der Waals surface area contributed by atoms with E-state index in [1.165, 1.54) is 37.0 Å². The van der Waals surface area contributed by atoms with Crippen molar-refractivity contribution in [3.63, 3.8) is 0 Å². The molecule has 0 aliphatic heterocycles. The minimum Gasteiger partial charge on any atom is -0.387 e. The molecule has 0 radical (unpaired) electrons. The molecule has 5 nitrogen and oxygen atoms in total. The van der Waals surface area contributed by atoms with Gasteiger partial charge in [0.1, 0.15) is 0 Å². The molecule has 0 aromatic heterocycles. The molecule has 0 aliphatic rings. The lowest BCUT2D eigenvalue weighted by atomic mass is 10.0. The van der Waals surface area contributed by atoms with Crippen LogP contribution in [0.3, 0.4) is 0 Å². The molecule has 6 heteroatoms. The van der Waals surface area contributed by atoms with E-state index in [-0.39, 0.29) is 0 Å². The van der Waals surface area contributed by atoms with Crippen LogP contribution < -0.4 is 9.62 Å². The molecule has 0 heterocycles. The lowest BCUT2D eigenvalue weighted by Gasteiger charge is -2.24. The molecular formula is C19H34N2O3S. The van der Waals surface area contributed by atoms with Gasteiger partial charge in [-0.1, -0.05) is 57.7 Å². The zero-order valence-electron chi connectivity index (χ0n) is 16.0. The minimum atomic E-state index is -3.36. The molecule has 0 saturated heterocycles. The van der Waals surface area contributed by atoms with Crippen molar-refractivity contribution in [2.24, 2.45) is 0 Å². The number of nitrogens with one attached hydrogen (secondary N) is 1. The summed E-state index contributed by atoms with van der Waals surface area (Å²) in [7, 11) is -1.85. The normalized spacial score (nSPS) is 14.3. The summed E-state index contributed by atoms with van der Waals surface area (Å²) in [6.07, 6.45) is 7.49. The second-order valence-corrected chi connectivity index (χ2v) is 8.68. The van der Waals surface area contributed by atoms with Crippen LogP contribution in [0.5, 0.6) is 0 Å². The Morgan fingerprint density at radius 2 is 1.84 bits per heavy atom. The van der Waals surface area contributed by atoms with E-state index in [0.717, 1.165) is 19.1 Å². The van der Waals surface area contributed by atoms with Crippen LogP contribution in [0.15, 0.2) is 24.3 Å². The van der Waals surface area contributed by atoms with Gasteiger partial charge in [0, 0.05) is 25.2 Å². The molecule has 2 unspecified atom stereocenters. The first-order valence-corrected chi connectivity index (χ1v) is 11.1. The second-order valence-electron chi connectivity index (χ2n) is 6.67. The van der Waals surface area contributed by atoms with Crippen LogP contribution in [-0.4, -0.2) is 39.4 Å². The first-order chi connectivity index (χ1) is 11.8. The summed E-state index contributed by atoms with van der Waals surface area (Å²) in [5, 5.41) is 14.0. The average Bonchev–Trinajstić information content (AvgIpc) is 2.59. The van der Waals surface area contributed by atoms with Crippen LogP contribution in [0.25, 0.3) is 0 Å². The van der Waals surface area contributed by atoms with Gasteiger partial charge in [0.25, 0.3) is 0 Å². The first-order valence-electron chi connectivity index (χ1n) is 9.25. The number of rotatable bonds is 12. The average molecular weight is 371 g/mol. The van der Waals surface area contributed by atoms with Gasteiger partial charge in [-0.3, -0.25) is 4.31 Å². The molecule has 0 bridgehead atoms. The predicted octanol–water partition coefficient (Wildman–Crippen LogP) is 3.45. The fourth-order valence-corrected chi connectivity index (χ4v) is 3.41. The van der Waals surface area contributed by atoms with Gasteiger partial charge in [0.15, 0.2) is 0 Å². The third kappa shape index (κ3) is 7.34. The molecule has 0 fully saturated rings. The topological polar surface area (TPSA) is 69.6 Å². The van der Waals surface area contributed by atoms with Gasteiger partial charge in [0.05, 0.1) is 18.0 Å². The smallest absolute Gasteiger partial charge is 0.232 e. The van der Waals surface area contributed by atoms with Crippen molar-refractivity contribution < 1.29 is 13.5 Å². The quantitative estimate of drug-likeness (QED) is 0.553. The first kappa shape index (κ1) is 21.9. The molecule has 1 aromatic rings. The van der Waals surface area contributed by atoms with Crippen molar-refractivity contribution in [1.82, 2.24) is 5.32 Å². The molecule has 0 saturated carbocycles. The number of aliphatic hydroxyl groups excluding tert-OH is 1. The summed E-state index contributed by atoms with van der Waals surface area (Å²) >= 11 is 0. The zero-order chi connectivity index (χ0) is 18.9. The summed E-state index contributed by atoms with van der Waals surface area (Å²) in [5.74, 6) is 0. The number of nitrogens with zero attached hydrogens (tertiary/aromatic N) is 1. The molecule has 1 aromatic carbocycles. The highest BCUT2D eigenvalue weighted by molar-refractivity contribution is 7.92. The Morgan fingerprint density at radius 3 is 2.44 bits per heavy atom. The van der Waals surface area contributed by atoms with E-state index in [2.05, 4.69) is 19.2 Å². The van der Waals surface area contributed by atoms with Crippen molar-refractivity contribution >= 4 is 15.7 Å². The SMILES string of the molecule is CCCCCCC(CC)NCC(O)c1ccccc1N(C)S(C)(=O)=O. The highest BCUT2D eigenvalue weighted by Gasteiger charge is 2.20. The fourth-order valence-electron chi connectivity index (χ4n) is 2.89. The summed E-state index contributed by atoms with van der Waals surface area (Å²) in [6.45, 7) is 4.77. The van der Waals surface area contributed by atoms with Gasteiger partial charge in [-0.2, -0.15) is 0 Å². The van der Waals surface area contributed by atoms with E-state index in [1.807, 2.05) is 6.07 Å². The van der Waals surface area contributed by atoms with E-state index in [1.54, 1.807) is 18.2 Å². The largest absolute Gasteiger partial charge is 0.387 e. The molecule has 0 spiro atoms. The Balaban J connectivity index is 2.69. The number of aliphatic hydroxyl groups is 1. The van der Waals surface area contributed by atoms with Crippen molar-refractivity contribution in [3.8, 4) is 0 Å². The van der Waals surface area contributed by atoms with Gasteiger partial charge in [0.2, 0.25) is 10.0 Å². The molecule has 1 rings (SSSR count). The third-order valence-corrected chi connectivity index (χ3v) is 5.82. The minimum absolute atomic E-state index is 0.381. The number of unbranched alkanes of at least 4 members (excludes halogenated alkanes) is 3. The maximum atomic E-state index is 11.8. The van der Waals surface area contributed by atoms with Crippen molar-refractivity contribution in [3.05, 3.63) is 29.8 Å². The lowest BCUT2D eigenvalue weighted by molar-refractivity contribution is 0.168. The van der Waals surface area contributed by atoms with Crippen LogP contribution in [0.1, 0.15) is 64.0 Å². The molecule has 144 valence electrons. The number of hydrogen-bond donors (Lipinski definition) is 2. The Hall–Kier alpha value is -1.11. The van der Waals surface area contributed by atoms with Crippen LogP contribution in [0, 0.1) is 0 Å². The molecule has 2 atom stereocenters. The number of benzene rings is 1. The lowest BCUT2D eigenvalue weighted by Crippen LogP contribution is -2.33. The summed E-state index contributed by atoms with van der Waals surface area (Å²) in [4.78, 5) is 0. The van der Waals surface area contributed by atoms with Crippen LogP contribution in [-0.2, 0) is 10.0 Å². The number of para-hydroxylation sites is 1. The number of anilines is 1. The maximum absolute atomic E-state index is 11.8.